The quantitative estimate of drug-likeness (QED) is 0.220. The van der Waals surface area contributed by atoms with E-state index in [4.69, 9.17) is 10.5 Å². The molecular weight excluding hydrogens is 471 g/mol. The Labute approximate surface area is 178 Å². The lowest BCUT2D eigenvalue weighted by Gasteiger charge is -2.17. The molecule has 2 aromatic rings. The largest absolute Gasteiger partial charge is 0.481 e. The van der Waals surface area contributed by atoms with Gasteiger partial charge in [0.15, 0.2) is 0 Å². The molecule has 1 unspecified atom stereocenters. The summed E-state index contributed by atoms with van der Waals surface area (Å²) in [6.45, 7) is 1.77. The zero-order chi connectivity index (χ0) is 21.6. The average Bonchev–Trinajstić information content (AvgIpc) is 2.65. The van der Waals surface area contributed by atoms with Crippen molar-refractivity contribution < 1.29 is 23.1 Å². The van der Waals surface area contributed by atoms with E-state index in [-0.39, 0.29) is 12.5 Å². The Kier molecular flexibility index (Phi) is 8.12. The lowest BCUT2D eigenvalue weighted by Crippen LogP contribution is -2.38. The van der Waals surface area contributed by atoms with Crippen LogP contribution in [0.2, 0.25) is 0 Å². The van der Waals surface area contributed by atoms with Gasteiger partial charge < -0.3 is 15.9 Å². The van der Waals surface area contributed by atoms with Crippen LogP contribution in [-0.4, -0.2) is 28.6 Å². The number of nitrogens with one attached hydrogen (secondary N) is 3. The third kappa shape index (κ3) is 7.37. The zero-order valence-electron chi connectivity index (χ0n) is 15.3. The van der Waals surface area contributed by atoms with Gasteiger partial charge >= 0.3 is 12.1 Å². The van der Waals surface area contributed by atoms with Gasteiger partial charge in [-0.05, 0) is 48.9 Å². The van der Waals surface area contributed by atoms with Gasteiger partial charge in [-0.1, -0.05) is 22.0 Å². The molecule has 0 saturated heterocycles. The van der Waals surface area contributed by atoms with E-state index >= 15 is 0 Å². The molecule has 0 heterocycles. The van der Waals surface area contributed by atoms with Crippen molar-refractivity contribution in [3.63, 3.8) is 0 Å². The van der Waals surface area contributed by atoms with E-state index in [9.17, 15) is 18.0 Å². The molecule has 0 aliphatic rings. The summed E-state index contributed by atoms with van der Waals surface area (Å²) in [5.41, 5.74) is 6.50. The SMILES string of the molecule is CC(NNc1ccc(C(F)(F)F)cc1)C(=N)CSc1ccc(CC(=O)O)c(Br)c1. The lowest BCUT2D eigenvalue weighted by molar-refractivity contribution is -0.138. The van der Waals surface area contributed by atoms with Gasteiger partial charge in [0, 0.05) is 26.5 Å². The molecule has 10 heteroatoms. The van der Waals surface area contributed by atoms with Crippen LogP contribution in [0, 0.1) is 5.41 Å². The molecule has 29 heavy (non-hydrogen) atoms. The average molecular weight is 490 g/mol. The third-order valence-corrected chi connectivity index (χ3v) is 5.71. The first kappa shape index (κ1) is 23.2. The first-order valence-corrected chi connectivity index (χ1v) is 10.2. The van der Waals surface area contributed by atoms with Crippen LogP contribution in [0.15, 0.2) is 51.8 Å². The predicted octanol–water partition coefficient (Wildman–Crippen LogP) is 5.21. The van der Waals surface area contributed by atoms with Crippen LogP contribution in [-0.2, 0) is 17.4 Å². The topological polar surface area (TPSA) is 85.2 Å². The fourth-order valence-corrected chi connectivity index (χ4v) is 3.84. The normalized spacial score (nSPS) is 12.4. The molecule has 0 fully saturated rings. The fourth-order valence-electron chi connectivity index (χ4n) is 2.23. The van der Waals surface area contributed by atoms with E-state index in [1.54, 1.807) is 19.1 Å². The van der Waals surface area contributed by atoms with Crippen molar-refractivity contribution in [2.24, 2.45) is 0 Å². The third-order valence-electron chi connectivity index (χ3n) is 3.93. The number of anilines is 1. The molecule has 2 aromatic carbocycles. The number of carboxylic acids is 1. The minimum atomic E-state index is -4.38. The van der Waals surface area contributed by atoms with Gasteiger partial charge in [-0.3, -0.25) is 4.79 Å². The highest BCUT2D eigenvalue weighted by molar-refractivity contribution is 9.10. The summed E-state index contributed by atoms with van der Waals surface area (Å²) in [4.78, 5) is 11.7. The maximum atomic E-state index is 12.6. The molecule has 0 amide bonds. The number of carbonyl (C=O) groups is 1. The van der Waals surface area contributed by atoms with Crippen molar-refractivity contribution >= 4 is 45.1 Å². The number of aliphatic carboxylic acids is 1. The minimum absolute atomic E-state index is 0.0715. The van der Waals surface area contributed by atoms with Crippen molar-refractivity contribution in [3.05, 3.63) is 58.1 Å². The molecule has 0 aliphatic heterocycles. The molecule has 4 N–H and O–H groups in total. The number of alkyl halides is 3. The van der Waals surface area contributed by atoms with E-state index in [2.05, 4.69) is 26.8 Å². The summed E-state index contributed by atoms with van der Waals surface area (Å²) in [5.74, 6) is -0.513. The van der Waals surface area contributed by atoms with E-state index in [0.29, 0.717) is 27.2 Å². The zero-order valence-corrected chi connectivity index (χ0v) is 17.7. The summed E-state index contributed by atoms with van der Waals surface area (Å²) in [7, 11) is 0. The first-order chi connectivity index (χ1) is 13.6. The van der Waals surface area contributed by atoms with Crippen LogP contribution >= 0.6 is 27.7 Å². The summed E-state index contributed by atoms with van der Waals surface area (Å²) in [5, 5.41) is 17.0. The van der Waals surface area contributed by atoms with Gasteiger partial charge in [-0.2, -0.15) is 13.2 Å². The van der Waals surface area contributed by atoms with Crippen molar-refractivity contribution in [1.82, 2.24) is 5.43 Å². The van der Waals surface area contributed by atoms with Gasteiger partial charge in [0.05, 0.1) is 18.0 Å². The Bertz CT molecular complexity index is 876. The lowest BCUT2D eigenvalue weighted by atomic mass is 10.1. The molecule has 0 aliphatic carbocycles. The van der Waals surface area contributed by atoms with Gasteiger partial charge in [0.2, 0.25) is 0 Å². The summed E-state index contributed by atoms with van der Waals surface area (Å²) in [6, 6.07) is 9.61. The molecule has 2 rings (SSSR count). The van der Waals surface area contributed by atoms with Crippen LogP contribution in [0.5, 0.6) is 0 Å². The van der Waals surface area contributed by atoms with E-state index in [0.717, 1.165) is 17.0 Å². The van der Waals surface area contributed by atoms with Gasteiger partial charge in [-0.15, -0.1) is 11.8 Å². The highest BCUT2D eigenvalue weighted by Gasteiger charge is 2.29. The van der Waals surface area contributed by atoms with E-state index in [1.165, 1.54) is 23.9 Å². The molecule has 0 spiro atoms. The second kappa shape index (κ2) is 10.1. The highest BCUT2D eigenvalue weighted by Crippen LogP contribution is 2.30. The second-order valence-corrected chi connectivity index (χ2v) is 8.11. The van der Waals surface area contributed by atoms with Gasteiger partial charge in [-0.25, -0.2) is 5.43 Å². The second-order valence-electron chi connectivity index (χ2n) is 6.20. The molecule has 0 radical (unpaired) electrons. The Morgan fingerprint density at radius 1 is 1.24 bits per heavy atom. The molecule has 0 bridgehead atoms. The summed E-state index contributed by atoms with van der Waals surface area (Å²) in [6.07, 6.45) is -4.45. The minimum Gasteiger partial charge on any atom is -0.481 e. The number of thioether (sulfide) groups is 1. The molecular formula is C19H19BrF3N3O2S. The van der Waals surface area contributed by atoms with Crippen molar-refractivity contribution in [1.29, 1.82) is 5.41 Å². The van der Waals surface area contributed by atoms with Crippen molar-refractivity contribution in [2.75, 3.05) is 11.2 Å². The van der Waals surface area contributed by atoms with Crippen LogP contribution in [0.25, 0.3) is 0 Å². The Hall–Kier alpha value is -2.04. The van der Waals surface area contributed by atoms with Crippen molar-refractivity contribution in [3.8, 4) is 0 Å². The molecule has 0 saturated carbocycles. The molecule has 5 nitrogen and oxygen atoms in total. The number of carboxylic acid groups (broad SMARTS) is 1. The van der Waals surface area contributed by atoms with Crippen LogP contribution in [0.1, 0.15) is 18.1 Å². The van der Waals surface area contributed by atoms with Crippen LogP contribution in [0.3, 0.4) is 0 Å². The maximum absolute atomic E-state index is 12.6. The number of rotatable bonds is 9. The molecule has 156 valence electrons. The van der Waals surface area contributed by atoms with Crippen molar-refractivity contribution in [2.45, 2.75) is 30.5 Å². The Morgan fingerprint density at radius 3 is 2.45 bits per heavy atom. The van der Waals surface area contributed by atoms with Gasteiger partial charge in [0.25, 0.3) is 0 Å². The summed E-state index contributed by atoms with van der Waals surface area (Å²) >= 11 is 4.79. The van der Waals surface area contributed by atoms with Crippen LogP contribution in [0.4, 0.5) is 18.9 Å². The number of benzene rings is 2. The number of hydrogen-bond donors (Lipinski definition) is 4. The number of hydrogen-bond acceptors (Lipinski definition) is 5. The Morgan fingerprint density at radius 2 is 1.90 bits per heavy atom. The highest BCUT2D eigenvalue weighted by atomic mass is 79.9. The van der Waals surface area contributed by atoms with Gasteiger partial charge in [0.1, 0.15) is 0 Å². The number of hydrazine groups is 1. The number of halogens is 4. The molecule has 1 atom stereocenters. The monoisotopic (exact) mass is 489 g/mol. The fraction of sp³-hybridized carbons (Fsp3) is 0.263. The smallest absolute Gasteiger partial charge is 0.416 e. The Balaban J connectivity index is 1.83. The summed E-state index contributed by atoms with van der Waals surface area (Å²) < 4.78 is 38.4. The standard InChI is InChI=1S/C19H19BrF3N3O2S/c1-11(25-26-14-5-3-13(4-6-14)19(21,22)23)17(24)10-29-15-7-2-12(8-18(27)28)16(20)9-15/h2-7,9,11,24-26H,8,10H2,1H3,(H,27,28). The van der Waals surface area contributed by atoms with E-state index in [1.807, 2.05) is 6.07 Å². The maximum Gasteiger partial charge on any atom is 0.416 e. The predicted molar refractivity (Wildman–Crippen MR) is 112 cm³/mol. The van der Waals surface area contributed by atoms with E-state index < -0.39 is 17.7 Å². The first-order valence-electron chi connectivity index (χ1n) is 8.45. The molecule has 0 aromatic heterocycles. The van der Waals surface area contributed by atoms with Crippen LogP contribution < -0.4 is 10.9 Å².